The van der Waals surface area contributed by atoms with Crippen LogP contribution in [0.1, 0.15) is 12.0 Å². The van der Waals surface area contributed by atoms with E-state index in [0.29, 0.717) is 0 Å². The Morgan fingerprint density at radius 3 is 3.18 bits per heavy atom. The van der Waals surface area contributed by atoms with E-state index >= 15 is 0 Å². The summed E-state index contributed by atoms with van der Waals surface area (Å²) in [5.41, 5.74) is 4.29. The third-order valence-corrected chi connectivity index (χ3v) is 1.90. The first-order chi connectivity index (χ1) is 5.43. The minimum atomic E-state index is 0.890. The van der Waals surface area contributed by atoms with Gasteiger partial charge in [-0.3, -0.25) is 0 Å². The fourth-order valence-corrected chi connectivity index (χ4v) is 1.28. The molecule has 0 amide bonds. The molecule has 0 unspecified atom stereocenters. The van der Waals surface area contributed by atoms with Crippen molar-refractivity contribution in [3.05, 3.63) is 46.9 Å². The van der Waals surface area contributed by atoms with E-state index in [1.165, 1.54) is 5.56 Å². The first-order valence-electron chi connectivity index (χ1n) is 3.47. The Kier molecular flexibility index (Phi) is 3.46. The highest BCUT2D eigenvalue weighted by Gasteiger charge is 1.80. The molecule has 1 aromatic heterocycles. The highest BCUT2D eigenvalue weighted by Crippen LogP contribution is 2.06. The lowest BCUT2D eigenvalue weighted by molar-refractivity contribution is 1.42. The molecule has 0 aliphatic carbocycles. The second-order valence-corrected chi connectivity index (χ2v) is 2.88. The number of thiophene rings is 1. The van der Waals surface area contributed by atoms with E-state index in [0.717, 1.165) is 6.42 Å². The van der Waals surface area contributed by atoms with Crippen LogP contribution in [-0.2, 0) is 0 Å². The highest BCUT2D eigenvalue weighted by molar-refractivity contribution is 7.08. The van der Waals surface area contributed by atoms with Gasteiger partial charge in [-0.1, -0.05) is 6.08 Å². The Morgan fingerprint density at radius 1 is 1.64 bits per heavy atom. The van der Waals surface area contributed by atoms with Gasteiger partial charge in [-0.05, 0) is 41.0 Å². The minimum Gasteiger partial charge on any atom is -0.152 e. The Hall–Kier alpha value is -1.04. The van der Waals surface area contributed by atoms with Crippen molar-refractivity contribution in [2.24, 2.45) is 0 Å². The predicted molar refractivity (Wildman–Crippen MR) is 51.7 cm³/mol. The summed E-state index contributed by atoms with van der Waals surface area (Å²) >= 11 is 1.70. The van der Waals surface area contributed by atoms with Gasteiger partial charge in [0.15, 0.2) is 0 Å². The Morgan fingerprint density at radius 2 is 2.55 bits per heavy atom. The SMILES string of the molecule is C=CCC=C=Cc1ccsc1. The average molecular weight is 162 g/mol. The van der Waals surface area contributed by atoms with Gasteiger partial charge in [0.25, 0.3) is 0 Å². The molecule has 0 radical (unpaired) electrons. The summed E-state index contributed by atoms with van der Waals surface area (Å²) in [7, 11) is 0. The molecule has 0 bridgehead atoms. The fourth-order valence-electron chi connectivity index (χ4n) is 0.664. The van der Waals surface area contributed by atoms with Crippen LogP contribution in [0.3, 0.4) is 0 Å². The van der Waals surface area contributed by atoms with Gasteiger partial charge in [0, 0.05) is 0 Å². The lowest BCUT2D eigenvalue weighted by atomic mass is 10.3. The van der Waals surface area contributed by atoms with Crippen LogP contribution in [0, 0.1) is 0 Å². The Labute approximate surface area is 71.2 Å². The summed E-state index contributed by atoms with van der Waals surface area (Å²) in [4.78, 5) is 0. The van der Waals surface area contributed by atoms with Crippen molar-refractivity contribution in [2.45, 2.75) is 6.42 Å². The quantitative estimate of drug-likeness (QED) is 0.471. The van der Waals surface area contributed by atoms with Crippen molar-refractivity contribution in [3.8, 4) is 0 Å². The highest BCUT2D eigenvalue weighted by atomic mass is 32.1. The summed E-state index contributed by atoms with van der Waals surface area (Å²) in [6.07, 6.45) is 6.68. The molecule has 0 saturated heterocycles. The molecule has 1 heteroatoms. The van der Waals surface area contributed by atoms with Crippen LogP contribution < -0.4 is 0 Å². The van der Waals surface area contributed by atoms with Gasteiger partial charge in [0.05, 0.1) is 0 Å². The Bertz CT molecular complexity index is 261. The summed E-state index contributed by atoms with van der Waals surface area (Å²) in [5, 5.41) is 4.15. The second-order valence-electron chi connectivity index (χ2n) is 2.10. The molecule has 0 saturated carbocycles. The van der Waals surface area contributed by atoms with E-state index in [1.807, 2.05) is 18.2 Å². The maximum Gasteiger partial charge on any atom is -0.00145 e. The molecule has 0 N–H and O–H groups in total. The molecule has 0 nitrogen and oxygen atoms in total. The van der Waals surface area contributed by atoms with Crippen molar-refractivity contribution >= 4 is 17.4 Å². The molecule has 1 rings (SSSR count). The van der Waals surface area contributed by atoms with Crippen LogP contribution in [-0.4, -0.2) is 0 Å². The first-order valence-corrected chi connectivity index (χ1v) is 4.42. The van der Waals surface area contributed by atoms with Crippen molar-refractivity contribution in [3.63, 3.8) is 0 Å². The van der Waals surface area contributed by atoms with Crippen LogP contribution in [0.15, 0.2) is 41.3 Å². The summed E-state index contributed by atoms with van der Waals surface area (Å²) in [6.45, 7) is 3.61. The third-order valence-electron chi connectivity index (χ3n) is 1.20. The molecule has 0 atom stereocenters. The van der Waals surface area contributed by atoms with Crippen molar-refractivity contribution in [1.29, 1.82) is 0 Å². The molecule has 1 heterocycles. The van der Waals surface area contributed by atoms with Gasteiger partial charge >= 0.3 is 0 Å². The van der Waals surface area contributed by atoms with Gasteiger partial charge in [-0.15, -0.1) is 12.3 Å². The normalized spacial score (nSPS) is 8.36. The van der Waals surface area contributed by atoms with Gasteiger partial charge in [0.1, 0.15) is 0 Å². The monoisotopic (exact) mass is 162 g/mol. The molecule has 1 aromatic rings. The number of hydrogen-bond donors (Lipinski definition) is 0. The van der Waals surface area contributed by atoms with E-state index in [-0.39, 0.29) is 0 Å². The number of allylic oxidation sites excluding steroid dienone is 2. The van der Waals surface area contributed by atoms with E-state index in [9.17, 15) is 0 Å². The lowest BCUT2D eigenvalue weighted by Gasteiger charge is -1.75. The topological polar surface area (TPSA) is 0 Å². The average Bonchev–Trinajstić information content (AvgIpc) is 2.50. The molecular formula is C10H10S. The maximum atomic E-state index is 3.61. The molecular weight excluding hydrogens is 152 g/mol. The van der Waals surface area contributed by atoms with Gasteiger partial charge in [0.2, 0.25) is 0 Å². The molecule has 0 aliphatic rings. The van der Waals surface area contributed by atoms with Crippen LogP contribution in [0.25, 0.3) is 6.08 Å². The van der Waals surface area contributed by atoms with Crippen molar-refractivity contribution in [2.75, 3.05) is 0 Å². The van der Waals surface area contributed by atoms with Crippen LogP contribution in [0.2, 0.25) is 0 Å². The number of rotatable bonds is 3. The van der Waals surface area contributed by atoms with Crippen LogP contribution in [0.4, 0.5) is 0 Å². The summed E-state index contributed by atoms with van der Waals surface area (Å²) < 4.78 is 0. The lowest BCUT2D eigenvalue weighted by Crippen LogP contribution is -1.55. The zero-order chi connectivity index (χ0) is 7.94. The summed E-state index contributed by atoms with van der Waals surface area (Å²) in [6, 6.07) is 2.07. The zero-order valence-electron chi connectivity index (χ0n) is 6.29. The molecule has 11 heavy (non-hydrogen) atoms. The van der Waals surface area contributed by atoms with Crippen LogP contribution >= 0.6 is 11.3 Å². The molecule has 0 fully saturated rings. The standard InChI is InChI=1S/C10H10S/c1-2-3-4-5-6-10-7-8-11-9-10/h2,4,6-9H,1,3H2. The smallest absolute Gasteiger partial charge is 0.00145 e. The fraction of sp³-hybridized carbons (Fsp3) is 0.100. The van der Waals surface area contributed by atoms with Crippen molar-refractivity contribution < 1.29 is 0 Å². The maximum absolute atomic E-state index is 3.61. The Balaban J connectivity index is 2.54. The van der Waals surface area contributed by atoms with Gasteiger partial charge in [-0.2, -0.15) is 11.3 Å². The van der Waals surface area contributed by atoms with E-state index in [1.54, 1.807) is 11.3 Å². The third kappa shape index (κ3) is 3.03. The number of hydrogen-bond acceptors (Lipinski definition) is 1. The largest absolute Gasteiger partial charge is 0.152 e. The molecule has 0 spiro atoms. The molecule has 0 aliphatic heterocycles. The minimum absolute atomic E-state index is 0.890. The van der Waals surface area contributed by atoms with Crippen molar-refractivity contribution in [1.82, 2.24) is 0 Å². The van der Waals surface area contributed by atoms with Gasteiger partial charge in [-0.25, -0.2) is 0 Å². The van der Waals surface area contributed by atoms with Crippen LogP contribution in [0.5, 0.6) is 0 Å². The van der Waals surface area contributed by atoms with E-state index < -0.39 is 0 Å². The first kappa shape index (κ1) is 8.06. The van der Waals surface area contributed by atoms with Gasteiger partial charge < -0.3 is 0 Å². The predicted octanol–water partition coefficient (Wildman–Crippen LogP) is 3.49. The summed E-state index contributed by atoms with van der Waals surface area (Å²) in [5.74, 6) is 0. The van der Waals surface area contributed by atoms with E-state index in [2.05, 4.69) is 29.1 Å². The second kappa shape index (κ2) is 4.73. The van der Waals surface area contributed by atoms with E-state index in [4.69, 9.17) is 0 Å². The zero-order valence-corrected chi connectivity index (χ0v) is 7.10. The molecule has 56 valence electrons. The molecule has 0 aromatic carbocycles.